The summed E-state index contributed by atoms with van der Waals surface area (Å²) in [6, 6.07) is 16.5. The number of carbonyl (C=O) groups is 3. The normalized spacial score (nSPS) is 9.96. The van der Waals surface area contributed by atoms with Crippen molar-refractivity contribution in [3.63, 3.8) is 0 Å². The second-order valence-corrected chi connectivity index (χ2v) is 6.52. The summed E-state index contributed by atoms with van der Waals surface area (Å²) in [4.78, 5) is 35.1. The lowest BCUT2D eigenvalue weighted by Crippen LogP contribution is -2.44. The molecule has 7 nitrogen and oxygen atoms in total. The topological polar surface area (TPSA) is 96.5 Å². The Labute approximate surface area is 165 Å². The van der Waals surface area contributed by atoms with E-state index in [2.05, 4.69) is 32.1 Å². The Balaban J connectivity index is 1.57. The van der Waals surface area contributed by atoms with Crippen LogP contribution in [0.3, 0.4) is 0 Å². The highest BCUT2D eigenvalue weighted by Gasteiger charge is 2.08. The number of halogens is 1. The molecule has 0 radical (unpaired) electrons. The number of hydrazine groups is 1. The van der Waals surface area contributed by atoms with Crippen molar-refractivity contribution in [1.82, 2.24) is 16.2 Å². The minimum absolute atomic E-state index is 0.0317. The van der Waals surface area contributed by atoms with Gasteiger partial charge in [-0.2, -0.15) is 0 Å². The molecule has 0 spiro atoms. The van der Waals surface area contributed by atoms with Crippen LogP contribution in [0, 0.1) is 0 Å². The van der Waals surface area contributed by atoms with Crippen molar-refractivity contribution in [1.29, 1.82) is 0 Å². The third-order valence-corrected chi connectivity index (χ3v) is 3.97. The van der Waals surface area contributed by atoms with Crippen molar-refractivity contribution in [2.24, 2.45) is 0 Å². The summed E-state index contributed by atoms with van der Waals surface area (Å²) in [5.41, 5.74) is 5.47. The van der Waals surface area contributed by atoms with Gasteiger partial charge in [0.25, 0.3) is 5.91 Å². The molecule has 142 valence electrons. The maximum atomic E-state index is 11.7. The molecule has 2 aromatic rings. The van der Waals surface area contributed by atoms with E-state index in [0.29, 0.717) is 12.3 Å². The van der Waals surface area contributed by atoms with Crippen molar-refractivity contribution in [3.05, 3.63) is 64.6 Å². The van der Waals surface area contributed by atoms with Gasteiger partial charge in [-0.25, -0.2) is 0 Å². The molecule has 8 heteroatoms. The van der Waals surface area contributed by atoms with Gasteiger partial charge in [0.05, 0.1) is 0 Å². The SMILES string of the molecule is O=C(CCC(=O)NNC(=O)COc1ccc(Br)cc1)NCc1ccccc1. The summed E-state index contributed by atoms with van der Waals surface area (Å²) in [5.74, 6) is -0.657. The van der Waals surface area contributed by atoms with Gasteiger partial charge in [-0.3, -0.25) is 25.2 Å². The number of carbonyl (C=O) groups excluding carboxylic acids is 3. The molecular weight excluding hydrogens is 414 g/mol. The third kappa shape index (κ3) is 8.37. The smallest absolute Gasteiger partial charge is 0.276 e. The number of nitrogens with one attached hydrogen (secondary N) is 3. The van der Waals surface area contributed by atoms with Crippen LogP contribution in [0.1, 0.15) is 18.4 Å². The number of rotatable bonds is 8. The molecule has 2 aromatic carbocycles. The van der Waals surface area contributed by atoms with Gasteiger partial charge in [-0.05, 0) is 29.8 Å². The predicted molar refractivity (Wildman–Crippen MR) is 103 cm³/mol. The summed E-state index contributed by atoms with van der Waals surface area (Å²) in [5, 5.41) is 2.73. The highest BCUT2D eigenvalue weighted by atomic mass is 79.9. The van der Waals surface area contributed by atoms with Crippen LogP contribution in [0.5, 0.6) is 5.75 Å². The van der Waals surface area contributed by atoms with E-state index in [1.807, 2.05) is 30.3 Å². The number of benzene rings is 2. The number of amides is 3. The van der Waals surface area contributed by atoms with Gasteiger partial charge >= 0.3 is 0 Å². The van der Waals surface area contributed by atoms with Crippen LogP contribution in [-0.4, -0.2) is 24.3 Å². The van der Waals surface area contributed by atoms with E-state index in [1.54, 1.807) is 24.3 Å². The average Bonchev–Trinajstić information content (AvgIpc) is 2.69. The van der Waals surface area contributed by atoms with Gasteiger partial charge in [-0.15, -0.1) is 0 Å². The molecule has 0 saturated carbocycles. The predicted octanol–water partition coefficient (Wildman–Crippen LogP) is 2.07. The Bertz CT molecular complexity index is 766. The van der Waals surface area contributed by atoms with Gasteiger partial charge in [0, 0.05) is 23.9 Å². The number of hydrogen-bond acceptors (Lipinski definition) is 4. The fraction of sp³-hybridized carbons (Fsp3) is 0.211. The van der Waals surface area contributed by atoms with E-state index in [9.17, 15) is 14.4 Å². The molecule has 0 aliphatic rings. The van der Waals surface area contributed by atoms with Crippen molar-refractivity contribution in [2.45, 2.75) is 19.4 Å². The molecule has 0 atom stereocenters. The molecule has 3 amide bonds. The quantitative estimate of drug-likeness (QED) is 0.555. The Morgan fingerprint density at radius 2 is 1.44 bits per heavy atom. The molecule has 0 unspecified atom stereocenters. The van der Waals surface area contributed by atoms with Crippen LogP contribution in [-0.2, 0) is 20.9 Å². The maximum absolute atomic E-state index is 11.7. The van der Waals surface area contributed by atoms with E-state index in [4.69, 9.17) is 4.74 Å². The Hall–Kier alpha value is -2.87. The second-order valence-electron chi connectivity index (χ2n) is 5.60. The fourth-order valence-electron chi connectivity index (χ4n) is 2.03. The second kappa shape index (κ2) is 11.0. The van der Waals surface area contributed by atoms with Crippen LogP contribution in [0.4, 0.5) is 0 Å². The minimum Gasteiger partial charge on any atom is -0.484 e. The van der Waals surface area contributed by atoms with E-state index >= 15 is 0 Å². The summed E-state index contributed by atoms with van der Waals surface area (Å²) >= 11 is 3.30. The Morgan fingerprint density at radius 3 is 2.15 bits per heavy atom. The van der Waals surface area contributed by atoms with E-state index < -0.39 is 11.8 Å². The fourth-order valence-corrected chi connectivity index (χ4v) is 2.29. The van der Waals surface area contributed by atoms with Gasteiger partial charge in [0.1, 0.15) is 5.75 Å². The standard InChI is InChI=1S/C19H20BrN3O4/c20-15-6-8-16(9-7-15)27-13-19(26)23-22-18(25)11-10-17(24)21-12-14-4-2-1-3-5-14/h1-9H,10-13H2,(H,21,24)(H,22,25)(H,23,26). The van der Waals surface area contributed by atoms with Gasteiger partial charge in [0.2, 0.25) is 11.8 Å². The molecule has 3 N–H and O–H groups in total. The molecule has 0 aromatic heterocycles. The molecule has 0 bridgehead atoms. The molecule has 2 rings (SSSR count). The van der Waals surface area contributed by atoms with Crippen LogP contribution < -0.4 is 20.9 Å². The maximum Gasteiger partial charge on any atom is 0.276 e. The zero-order valence-electron chi connectivity index (χ0n) is 14.5. The van der Waals surface area contributed by atoms with E-state index in [1.165, 1.54) is 0 Å². The average molecular weight is 434 g/mol. The van der Waals surface area contributed by atoms with Crippen LogP contribution in [0.15, 0.2) is 59.1 Å². The lowest BCUT2D eigenvalue weighted by Gasteiger charge is -2.09. The molecular formula is C19H20BrN3O4. The van der Waals surface area contributed by atoms with Gasteiger partial charge in [-0.1, -0.05) is 46.3 Å². The molecule has 0 aliphatic carbocycles. The third-order valence-electron chi connectivity index (χ3n) is 3.44. The largest absolute Gasteiger partial charge is 0.484 e. The molecule has 0 heterocycles. The van der Waals surface area contributed by atoms with Crippen molar-refractivity contribution in [2.75, 3.05) is 6.61 Å². The van der Waals surface area contributed by atoms with Crippen LogP contribution in [0.2, 0.25) is 0 Å². The van der Waals surface area contributed by atoms with Crippen molar-refractivity contribution in [3.8, 4) is 5.75 Å². The summed E-state index contributed by atoms with van der Waals surface area (Å²) < 4.78 is 6.18. The highest BCUT2D eigenvalue weighted by molar-refractivity contribution is 9.10. The Morgan fingerprint density at radius 1 is 0.815 bits per heavy atom. The van der Waals surface area contributed by atoms with E-state index in [-0.39, 0.29) is 25.4 Å². The first-order valence-corrected chi connectivity index (χ1v) is 9.09. The van der Waals surface area contributed by atoms with Gasteiger partial charge < -0.3 is 10.1 Å². The molecule has 27 heavy (non-hydrogen) atoms. The number of hydrogen-bond donors (Lipinski definition) is 3. The lowest BCUT2D eigenvalue weighted by molar-refractivity contribution is -0.131. The summed E-state index contributed by atoms with van der Waals surface area (Å²) in [6.07, 6.45) is -0.00158. The van der Waals surface area contributed by atoms with Crippen molar-refractivity contribution >= 4 is 33.7 Å². The summed E-state index contributed by atoms with van der Waals surface area (Å²) in [6.45, 7) is 0.172. The zero-order valence-corrected chi connectivity index (χ0v) is 16.1. The first-order chi connectivity index (χ1) is 13.0. The minimum atomic E-state index is -0.500. The Kier molecular flexibility index (Phi) is 8.31. The summed E-state index contributed by atoms with van der Waals surface area (Å²) in [7, 11) is 0. The lowest BCUT2D eigenvalue weighted by atomic mass is 10.2. The highest BCUT2D eigenvalue weighted by Crippen LogP contribution is 2.15. The van der Waals surface area contributed by atoms with Crippen LogP contribution in [0.25, 0.3) is 0 Å². The molecule has 0 saturated heterocycles. The first kappa shape index (κ1) is 20.4. The number of ether oxygens (including phenoxy) is 1. The van der Waals surface area contributed by atoms with Crippen LogP contribution >= 0.6 is 15.9 Å². The van der Waals surface area contributed by atoms with E-state index in [0.717, 1.165) is 10.0 Å². The first-order valence-electron chi connectivity index (χ1n) is 8.29. The molecule has 0 aliphatic heterocycles. The molecule has 0 fully saturated rings. The van der Waals surface area contributed by atoms with Gasteiger partial charge in [0.15, 0.2) is 6.61 Å². The monoisotopic (exact) mass is 433 g/mol. The van der Waals surface area contributed by atoms with Crippen molar-refractivity contribution < 1.29 is 19.1 Å². The zero-order chi connectivity index (χ0) is 19.5.